The summed E-state index contributed by atoms with van der Waals surface area (Å²) in [7, 11) is 0. The van der Waals surface area contributed by atoms with Crippen molar-refractivity contribution in [3.63, 3.8) is 0 Å². The third kappa shape index (κ3) is 3.42. The van der Waals surface area contributed by atoms with E-state index in [9.17, 15) is 9.18 Å². The molecule has 1 amide bonds. The fourth-order valence-electron chi connectivity index (χ4n) is 1.86. The van der Waals surface area contributed by atoms with Gasteiger partial charge in [-0.2, -0.15) is 5.26 Å². The molecule has 0 bridgehead atoms. The third-order valence-corrected chi connectivity index (χ3v) is 2.86. The monoisotopic (exact) mass is 268 g/mol. The topological polar surface area (TPSA) is 44.1 Å². The predicted molar refractivity (Wildman–Crippen MR) is 73.2 cm³/mol. The van der Waals surface area contributed by atoms with Crippen molar-refractivity contribution in [2.24, 2.45) is 0 Å². The van der Waals surface area contributed by atoms with Crippen molar-refractivity contribution < 1.29 is 9.18 Å². The smallest absolute Gasteiger partial charge is 0.255 e. The molecule has 4 heteroatoms. The Kier molecular flexibility index (Phi) is 4.46. The molecule has 0 heterocycles. The summed E-state index contributed by atoms with van der Waals surface area (Å²) in [5, 5.41) is 8.85. The van der Waals surface area contributed by atoms with Gasteiger partial charge < -0.3 is 4.90 Å². The summed E-state index contributed by atoms with van der Waals surface area (Å²) in [5.74, 6) is -0.674. The first-order chi connectivity index (χ1) is 9.70. The third-order valence-electron chi connectivity index (χ3n) is 2.86. The van der Waals surface area contributed by atoms with Gasteiger partial charge in [0.05, 0.1) is 6.07 Å². The molecule has 0 aromatic heterocycles. The van der Waals surface area contributed by atoms with Crippen LogP contribution in [0.4, 0.5) is 4.39 Å². The van der Waals surface area contributed by atoms with E-state index < -0.39 is 5.82 Å². The lowest BCUT2D eigenvalue weighted by molar-refractivity contribution is 0.0765. The molecule has 2 aromatic rings. The molecule has 0 spiro atoms. The highest BCUT2D eigenvalue weighted by molar-refractivity contribution is 5.94. The Morgan fingerprint density at radius 2 is 1.75 bits per heavy atom. The van der Waals surface area contributed by atoms with Gasteiger partial charge in [0.1, 0.15) is 12.4 Å². The van der Waals surface area contributed by atoms with Gasteiger partial charge in [-0.1, -0.05) is 30.3 Å². The Morgan fingerprint density at radius 1 is 1.10 bits per heavy atom. The Labute approximate surface area is 116 Å². The lowest BCUT2D eigenvalue weighted by atomic mass is 10.1. The Bertz CT molecular complexity index is 617. The zero-order valence-electron chi connectivity index (χ0n) is 10.8. The molecule has 2 rings (SSSR count). The quantitative estimate of drug-likeness (QED) is 0.800. The first kappa shape index (κ1) is 13.8. The fraction of sp³-hybridized carbons (Fsp3) is 0.125. The molecule has 2 aromatic carbocycles. The summed E-state index contributed by atoms with van der Waals surface area (Å²) in [6.45, 7) is 0.343. The van der Waals surface area contributed by atoms with Gasteiger partial charge in [-0.05, 0) is 29.8 Å². The first-order valence-electron chi connectivity index (χ1n) is 6.16. The van der Waals surface area contributed by atoms with Gasteiger partial charge in [0.15, 0.2) is 0 Å². The molecule has 0 saturated heterocycles. The molecular formula is C16H13FN2O. The Hall–Kier alpha value is -2.67. The van der Waals surface area contributed by atoms with Crippen LogP contribution in [-0.4, -0.2) is 17.4 Å². The number of benzene rings is 2. The molecule has 20 heavy (non-hydrogen) atoms. The highest BCUT2D eigenvalue weighted by Crippen LogP contribution is 2.10. The normalized spacial score (nSPS) is 9.80. The molecule has 3 nitrogen and oxygen atoms in total. The van der Waals surface area contributed by atoms with Crippen LogP contribution < -0.4 is 0 Å². The molecule has 100 valence electrons. The van der Waals surface area contributed by atoms with Crippen LogP contribution in [0.3, 0.4) is 0 Å². The van der Waals surface area contributed by atoms with E-state index in [-0.39, 0.29) is 12.5 Å². The summed E-state index contributed by atoms with van der Waals surface area (Å²) < 4.78 is 12.9. The largest absolute Gasteiger partial charge is 0.321 e. The van der Waals surface area contributed by atoms with Gasteiger partial charge in [0, 0.05) is 12.1 Å². The molecule has 0 aliphatic carbocycles. The van der Waals surface area contributed by atoms with Gasteiger partial charge in [0.2, 0.25) is 0 Å². The number of halogens is 1. The summed E-state index contributed by atoms with van der Waals surface area (Å²) in [5.41, 5.74) is 1.32. The summed E-state index contributed by atoms with van der Waals surface area (Å²) in [6, 6.07) is 16.7. The van der Waals surface area contributed by atoms with Crippen LogP contribution >= 0.6 is 0 Å². The molecule has 0 N–H and O–H groups in total. The highest BCUT2D eigenvalue weighted by atomic mass is 19.1. The second-order valence-electron chi connectivity index (χ2n) is 4.31. The van der Waals surface area contributed by atoms with Crippen molar-refractivity contribution >= 4 is 5.91 Å². The van der Waals surface area contributed by atoms with Crippen molar-refractivity contribution in [3.8, 4) is 6.07 Å². The molecule has 0 fully saturated rings. The number of carbonyl (C=O) groups is 1. The summed E-state index contributed by atoms with van der Waals surface area (Å²) in [6.07, 6.45) is 0. The van der Waals surface area contributed by atoms with Crippen LogP contribution in [0.25, 0.3) is 0 Å². The highest BCUT2D eigenvalue weighted by Gasteiger charge is 2.15. The Morgan fingerprint density at radius 3 is 2.35 bits per heavy atom. The van der Waals surface area contributed by atoms with E-state index in [0.717, 1.165) is 5.56 Å². The zero-order chi connectivity index (χ0) is 14.4. The van der Waals surface area contributed by atoms with E-state index >= 15 is 0 Å². The van der Waals surface area contributed by atoms with Crippen molar-refractivity contribution in [3.05, 3.63) is 71.5 Å². The molecule has 0 aliphatic heterocycles. The minimum absolute atomic E-state index is 0.00883. The van der Waals surface area contributed by atoms with Crippen molar-refractivity contribution in [2.45, 2.75) is 6.54 Å². The standard InChI is InChI=1S/C16H13FN2O/c17-15-8-6-14(7-9-15)16(20)19(11-10-18)12-13-4-2-1-3-5-13/h1-9H,11-12H2. The fourth-order valence-corrected chi connectivity index (χ4v) is 1.86. The van der Waals surface area contributed by atoms with Gasteiger partial charge in [-0.25, -0.2) is 4.39 Å². The second-order valence-corrected chi connectivity index (χ2v) is 4.31. The van der Waals surface area contributed by atoms with Crippen LogP contribution in [0.15, 0.2) is 54.6 Å². The number of nitrogens with zero attached hydrogens (tertiary/aromatic N) is 2. The molecule has 0 atom stereocenters. The molecular weight excluding hydrogens is 255 g/mol. The van der Waals surface area contributed by atoms with Crippen LogP contribution in [0.1, 0.15) is 15.9 Å². The maximum Gasteiger partial charge on any atom is 0.255 e. The van der Waals surface area contributed by atoms with Gasteiger partial charge in [0.25, 0.3) is 5.91 Å². The van der Waals surface area contributed by atoms with Crippen molar-refractivity contribution in [1.82, 2.24) is 4.90 Å². The number of nitriles is 1. The van der Waals surface area contributed by atoms with Crippen LogP contribution in [0.5, 0.6) is 0 Å². The molecule has 0 unspecified atom stereocenters. The average Bonchev–Trinajstić information content (AvgIpc) is 2.48. The van der Waals surface area contributed by atoms with E-state index in [4.69, 9.17) is 5.26 Å². The van der Waals surface area contributed by atoms with E-state index in [1.807, 2.05) is 36.4 Å². The predicted octanol–water partition coefficient (Wildman–Crippen LogP) is 2.99. The van der Waals surface area contributed by atoms with Crippen LogP contribution in [0, 0.1) is 17.1 Å². The van der Waals surface area contributed by atoms with Gasteiger partial charge >= 0.3 is 0 Å². The van der Waals surface area contributed by atoms with Crippen LogP contribution in [-0.2, 0) is 6.54 Å². The second kappa shape index (κ2) is 6.48. The summed E-state index contributed by atoms with van der Waals surface area (Å²) in [4.78, 5) is 13.7. The number of rotatable bonds is 4. The maximum absolute atomic E-state index is 12.9. The molecule has 0 saturated carbocycles. The van der Waals surface area contributed by atoms with Gasteiger partial charge in [-0.3, -0.25) is 4.79 Å². The van der Waals surface area contributed by atoms with Crippen molar-refractivity contribution in [1.29, 1.82) is 5.26 Å². The number of amides is 1. The molecule has 0 radical (unpaired) electrons. The average molecular weight is 268 g/mol. The van der Waals surface area contributed by atoms with Crippen molar-refractivity contribution in [2.75, 3.05) is 6.54 Å². The first-order valence-corrected chi connectivity index (χ1v) is 6.16. The minimum atomic E-state index is -0.392. The van der Waals surface area contributed by atoms with Gasteiger partial charge in [-0.15, -0.1) is 0 Å². The van der Waals surface area contributed by atoms with E-state index in [0.29, 0.717) is 12.1 Å². The minimum Gasteiger partial charge on any atom is -0.321 e. The summed E-state index contributed by atoms with van der Waals surface area (Å²) >= 11 is 0. The lowest BCUT2D eigenvalue weighted by Gasteiger charge is -2.19. The lowest BCUT2D eigenvalue weighted by Crippen LogP contribution is -2.30. The Balaban J connectivity index is 2.18. The SMILES string of the molecule is N#CCN(Cc1ccccc1)C(=O)c1ccc(F)cc1. The number of hydrogen-bond donors (Lipinski definition) is 0. The van der Waals surface area contributed by atoms with E-state index in [2.05, 4.69) is 0 Å². The van der Waals surface area contributed by atoms with Crippen LogP contribution in [0.2, 0.25) is 0 Å². The maximum atomic E-state index is 12.9. The molecule has 0 aliphatic rings. The van der Waals surface area contributed by atoms with E-state index in [1.165, 1.54) is 29.2 Å². The number of hydrogen-bond acceptors (Lipinski definition) is 2. The van der Waals surface area contributed by atoms with E-state index in [1.54, 1.807) is 0 Å². The number of carbonyl (C=O) groups excluding carboxylic acids is 1. The zero-order valence-corrected chi connectivity index (χ0v) is 10.8.